The Balaban J connectivity index is 2.43. The van der Waals surface area contributed by atoms with Crippen molar-refractivity contribution in [3.05, 3.63) is 41.6 Å². The quantitative estimate of drug-likeness (QED) is 0.904. The van der Waals surface area contributed by atoms with Crippen molar-refractivity contribution in [2.45, 2.75) is 0 Å². The van der Waals surface area contributed by atoms with Gasteiger partial charge in [0.15, 0.2) is 0 Å². The molecule has 0 aliphatic carbocycles. The van der Waals surface area contributed by atoms with Gasteiger partial charge in [0.25, 0.3) is 5.88 Å². The van der Waals surface area contributed by atoms with Crippen molar-refractivity contribution in [2.24, 2.45) is 0 Å². The van der Waals surface area contributed by atoms with E-state index >= 15 is 0 Å². The average molecular weight is 271 g/mol. The highest BCUT2D eigenvalue weighted by atomic mass is 16.5. The van der Waals surface area contributed by atoms with Crippen LogP contribution in [0, 0.1) is 11.3 Å². The molecule has 0 spiro atoms. The van der Waals surface area contributed by atoms with Gasteiger partial charge < -0.3 is 14.6 Å². The van der Waals surface area contributed by atoms with Crippen molar-refractivity contribution in [2.75, 3.05) is 7.11 Å². The Morgan fingerprint density at radius 1 is 1.40 bits per heavy atom. The van der Waals surface area contributed by atoms with Crippen LogP contribution in [0.25, 0.3) is 0 Å². The minimum atomic E-state index is -1.18. The monoisotopic (exact) mass is 271 g/mol. The molecule has 7 nitrogen and oxygen atoms in total. The van der Waals surface area contributed by atoms with E-state index in [1.807, 2.05) is 6.07 Å². The zero-order valence-corrected chi connectivity index (χ0v) is 10.4. The fourth-order valence-corrected chi connectivity index (χ4v) is 1.48. The molecule has 0 radical (unpaired) electrons. The lowest BCUT2D eigenvalue weighted by Crippen LogP contribution is -2.02. The fourth-order valence-electron chi connectivity index (χ4n) is 1.48. The van der Waals surface area contributed by atoms with E-state index in [-0.39, 0.29) is 22.8 Å². The molecule has 1 aromatic heterocycles. The van der Waals surface area contributed by atoms with Crippen LogP contribution in [0.2, 0.25) is 0 Å². The summed E-state index contributed by atoms with van der Waals surface area (Å²) in [5.41, 5.74) is 0.0612. The van der Waals surface area contributed by atoms with Crippen LogP contribution in [-0.4, -0.2) is 28.4 Å². The number of rotatable bonds is 4. The van der Waals surface area contributed by atoms with Gasteiger partial charge in [0.1, 0.15) is 28.7 Å². The van der Waals surface area contributed by atoms with E-state index in [1.54, 1.807) is 6.07 Å². The second-order valence-electron chi connectivity index (χ2n) is 3.63. The van der Waals surface area contributed by atoms with Gasteiger partial charge in [-0.3, -0.25) is 0 Å². The molecule has 0 saturated heterocycles. The van der Waals surface area contributed by atoms with Crippen LogP contribution in [0.5, 0.6) is 17.4 Å². The van der Waals surface area contributed by atoms with E-state index < -0.39 is 5.97 Å². The van der Waals surface area contributed by atoms with E-state index in [1.165, 1.54) is 31.5 Å². The zero-order valence-electron chi connectivity index (χ0n) is 10.4. The minimum Gasteiger partial charge on any atom is -0.497 e. The number of hydrogen-bond donors (Lipinski definition) is 1. The van der Waals surface area contributed by atoms with Crippen LogP contribution in [0.1, 0.15) is 15.9 Å². The molecule has 0 saturated carbocycles. The lowest BCUT2D eigenvalue weighted by atomic mass is 10.2. The van der Waals surface area contributed by atoms with Gasteiger partial charge in [-0.15, -0.1) is 5.10 Å². The Kier molecular flexibility index (Phi) is 3.77. The molecule has 100 valence electrons. The van der Waals surface area contributed by atoms with E-state index in [0.29, 0.717) is 5.75 Å². The van der Waals surface area contributed by atoms with E-state index in [9.17, 15) is 4.79 Å². The predicted molar refractivity (Wildman–Crippen MR) is 66.8 cm³/mol. The topological polar surface area (TPSA) is 105 Å². The summed E-state index contributed by atoms with van der Waals surface area (Å²) in [6, 6.07) is 7.60. The van der Waals surface area contributed by atoms with Gasteiger partial charge in [0.05, 0.1) is 13.3 Å². The standard InChI is InChI=1S/C13H9N3O4/c1-19-9-2-3-11(10(6-9)13(17)18)20-12-8(7-14)4-5-15-16-12/h2-6H,1H3,(H,17,18). The van der Waals surface area contributed by atoms with Crippen LogP contribution in [0.15, 0.2) is 30.5 Å². The third-order valence-corrected chi connectivity index (χ3v) is 2.43. The molecule has 1 heterocycles. The second kappa shape index (κ2) is 5.67. The Labute approximate surface area is 114 Å². The van der Waals surface area contributed by atoms with Crippen molar-refractivity contribution < 1.29 is 19.4 Å². The molecule has 0 fully saturated rings. The molecule has 0 amide bonds. The first-order chi connectivity index (χ1) is 9.65. The Morgan fingerprint density at radius 3 is 2.85 bits per heavy atom. The summed E-state index contributed by atoms with van der Waals surface area (Å²) in [4.78, 5) is 11.2. The molecule has 0 atom stereocenters. The summed E-state index contributed by atoms with van der Waals surface area (Å²) in [7, 11) is 1.43. The van der Waals surface area contributed by atoms with Gasteiger partial charge in [-0.2, -0.15) is 10.4 Å². The predicted octanol–water partition coefficient (Wildman–Crippen LogP) is 1.85. The minimum absolute atomic E-state index is 0.0512. The van der Waals surface area contributed by atoms with Crippen molar-refractivity contribution in [3.8, 4) is 23.4 Å². The number of nitrogens with zero attached hydrogens (tertiary/aromatic N) is 3. The first-order valence-electron chi connectivity index (χ1n) is 5.46. The van der Waals surface area contributed by atoms with E-state index in [2.05, 4.69) is 10.2 Å². The third-order valence-electron chi connectivity index (χ3n) is 2.43. The third kappa shape index (κ3) is 2.64. The number of carbonyl (C=O) groups is 1. The average Bonchev–Trinajstić information content (AvgIpc) is 2.48. The van der Waals surface area contributed by atoms with Crippen molar-refractivity contribution in [1.29, 1.82) is 5.26 Å². The van der Waals surface area contributed by atoms with Crippen LogP contribution >= 0.6 is 0 Å². The molecule has 2 rings (SSSR count). The first kappa shape index (κ1) is 13.3. The van der Waals surface area contributed by atoms with Gasteiger partial charge in [-0.1, -0.05) is 0 Å². The van der Waals surface area contributed by atoms with Crippen LogP contribution in [0.4, 0.5) is 0 Å². The Morgan fingerprint density at radius 2 is 2.20 bits per heavy atom. The largest absolute Gasteiger partial charge is 0.497 e. The number of carboxylic acid groups (broad SMARTS) is 1. The summed E-state index contributed by atoms with van der Waals surface area (Å²) >= 11 is 0. The SMILES string of the molecule is COc1ccc(Oc2nnccc2C#N)c(C(=O)O)c1. The number of benzene rings is 1. The summed E-state index contributed by atoms with van der Waals surface area (Å²) in [5.74, 6) is -0.798. The molecular formula is C13H9N3O4. The van der Waals surface area contributed by atoms with Gasteiger partial charge in [-0.25, -0.2) is 4.79 Å². The van der Waals surface area contributed by atoms with Crippen LogP contribution in [0.3, 0.4) is 0 Å². The number of nitriles is 1. The van der Waals surface area contributed by atoms with Gasteiger partial charge in [0.2, 0.25) is 0 Å². The first-order valence-corrected chi connectivity index (χ1v) is 5.46. The van der Waals surface area contributed by atoms with E-state index in [4.69, 9.17) is 19.8 Å². The lowest BCUT2D eigenvalue weighted by Gasteiger charge is -2.09. The Bertz CT molecular complexity index is 694. The Hall–Kier alpha value is -3.14. The lowest BCUT2D eigenvalue weighted by molar-refractivity contribution is 0.0693. The summed E-state index contributed by atoms with van der Waals surface area (Å²) in [5, 5.41) is 25.3. The second-order valence-corrected chi connectivity index (χ2v) is 3.63. The smallest absolute Gasteiger partial charge is 0.339 e. The van der Waals surface area contributed by atoms with Crippen molar-refractivity contribution in [3.63, 3.8) is 0 Å². The molecule has 1 aromatic carbocycles. The summed E-state index contributed by atoms with van der Waals surface area (Å²) < 4.78 is 10.3. The van der Waals surface area contributed by atoms with Gasteiger partial charge in [0, 0.05) is 0 Å². The summed E-state index contributed by atoms with van der Waals surface area (Å²) in [6.45, 7) is 0. The molecule has 0 aliphatic rings. The molecule has 0 aliphatic heterocycles. The van der Waals surface area contributed by atoms with Crippen molar-refractivity contribution in [1.82, 2.24) is 10.2 Å². The molecule has 2 aromatic rings. The molecule has 0 unspecified atom stereocenters. The number of carboxylic acids is 1. The van der Waals surface area contributed by atoms with Crippen LogP contribution < -0.4 is 9.47 Å². The number of ether oxygens (including phenoxy) is 2. The number of aromatic nitrogens is 2. The molecule has 0 bridgehead atoms. The number of aromatic carboxylic acids is 1. The molecule has 7 heteroatoms. The molecular weight excluding hydrogens is 262 g/mol. The molecule has 1 N–H and O–H groups in total. The maximum absolute atomic E-state index is 11.2. The van der Waals surface area contributed by atoms with Gasteiger partial charge >= 0.3 is 5.97 Å². The fraction of sp³-hybridized carbons (Fsp3) is 0.0769. The summed E-state index contributed by atoms with van der Waals surface area (Å²) in [6.07, 6.45) is 1.34. The van der Waals surface area contributed by atoms with Gasteiger partial charge in [-0.05, 0) is 24.3 Å². The van der Waals surface area contributed by atoms with Crippen molar-refractivity contribution >= 4 is 5.97 Å². The zero-order chi connectivity index (χ0) is 14.5. The highest BCUT2D eigenvalue weighted by molar-refractivity contribution is 5.91. The highest BCUT2D eigenvalue weighted by Gasteiger charge is 2.15. The number of hydrogen-bond acceptors (Lipinski definition) is 6. The normalized spacial score (nSPS) is 9.60. The van der Waals surface area contributed by atoms with E-state index in [0.717, 1.165) is 0 Å². The maximum atomic E-state index is 11.2. The highest BCUT2D eigenvalue weighted by Crippen LogP contribution is 2.28. The number of methoxy groups -OCH3 is 1. The van der Waals surface area contributed by atoms with Crippen LogP contribution in [-0.2, 0) is 0 Å². The molecule has 20 heavy (non-hydrogen) atoms. The maximum Gasteiger partial charge on any atom is 0.339 e.